The summed E-state index contributed by atoms with van der Waals surface area (Å²) in [7, 11) is 1.57. The summed E-state index contributed by atoms with van der Waals surface area (Å²) in [5.74, 6) is 0.00990. The molecular formula is C16H28N2O5. The number of piperidine rings is 1. The summed E-state index contributed by atoms with van der Waals surface area (Å²) >= 11 is 0. The van der Waals surface area contributed by atoms with Gasteiger partial charge in [-0.15, -0.1) is 0 Å². The van der Waals surface area contributed by atoms with E-state index in [-0.39, 0.29) is 12.0 Å². The Labute approximate surface area is 137 Å². The number of carbonyl (C=O) groups is 3. The Morgan fingerprint density at radius 2 is 1.87 bits per heavy atom. The Bertz CT molecular complexity index is 425. The first-order chi connectivity index (χ1) is 10.7. The number of amides is 2. The number of likely N-dealkylation sites (N-methyl/N-ethyl adjacent to an activating group) is 1. The van der Waals surface area contributed by atoms with E-state index in [9.17, 15) is 14.4 Å². The highest BCUT2D eigenvalue weighted by atomic mass is 16.6. The van der Waals surface area contributed by atoms with Gasteiger partial charge in [0, 0.05) is 20.1 Å². The predicted octanol–water partition coefficient (Wildman–Crippen LogP) is 2.29. The van der Waals surface area contributed by atoms with Gasteiger partial charge in [0.15, 0.2) is 0 Å². The summed E-state index contributed by atoms with van der Waals surface area (Å²) in [4.78, 5) is 38.3. The summed E-state index contributed by atoms with van der Waals surface area (Å²) in [5.41, 5.74) is -0.605. The molecule has 1 heterocycles. The summed E-state index contributed by atoms with van der Waals surface area (Å²) < 4.78 is 10.3. The summed E-state index contributed by atoms with van der Waals surface area (Å²) in [6.45, 7) is 8.51. The van der Waals surface area contributed by atoms with Crippen molar-refractivity contribution in [3.8, 4) is 0 Å². The van der Waals surface area contributed by atoms with E-state index < -0.39 is 17.7 Å². The number of likely N-dealkylation sites (tertiary alicyclic amines) is 1. The Hall–Kier alpha value is -1.79. The molecule has 0 bridgehead atoms. The molecular weight excluding hydrogens is 300 g/mol. The third-order valence-corrected chi connectivity index (χ3v) is 3.82. The normalized spacial score (nSPS) is 17.3. The molecule has 0 spiro atoms. The van der Waals surface area contributed by atoms with Crippen molar-refractivity contribution < 1.29 is 23.9 Å². The third kappa shape index (κ3) is 5.73. The number of nitrogens with zero attached hydrogens (tertiary/aromatic N) is 2. The van der Waals surface area contributed by atoms with Crippen LogP contribution in [0.15, 0.2) is 0 Å². The first kappa shape index (κ1) is 19.3. The number of hydrogen-bond donors (Lipinski definition) is 0. The number of aldehydes is 1. The standard InChI is InChI=1S/C16H28N2O5/c1-6-22-15(21)18-9-7-12(8-10-18)13(11-19)17(5)14(20)23-16(2,3)4/h11-13H,6-10H2,1-5H3. The summed E-state index contributed by atoms with van der Waals surface area (Å²) in [6.07, 6.45) is 1.25. The van der Waals surface area contributed by atoms with Gasteiger partial charge in [-0.05, 0) is 46.5 Å². The van der Waals surface area contributed by atoms with Gasteiger partial charge in [-0.2, -0.15) is 0 Å². The third-order valence-electron chi connectivity index (χ3n) is 3.82. The topological polar surface area (TPSA) is 76.2 Å². The fourth-order valence-electron chi connectivity index (χ4n) is 2.61. The second kappa shape index (κ2) is 8.17. The molecule has 0 N–H and O–H groups in total. The zero-order valence-corrected chi connectivity index (χ0v) is 14.7. The number of hydrogen-bond acceptors (Lipinski definition) is 5. The maximum absolute atomic E-state index is 12.1. The number of carbonyl (C=O) groups excluding carboxylic acids is 3. The molecule has 2 amide bonds. The minimum Gasteiger partial charge on any atom is -0.450 e. The molecule has 1 aliphatic heterocycles. The minimum absolute atomic E-state index is 0.00990. The molecule has 1 fully saturated rings. The molecule has 23 heavy (non-hydrogen) atoms. The lowest BCUT2D eigenvalue weighted by Gasteiger charge is -2.37. The van der Waals surface area contributed by atoms with Gasteiger partial charge in [0.2, 0.25) is 0 Å². The average molecular weight is 328 g/mol. The molecule has 1 atom stereocenters. The van der Waals surface area contributed by atoms with Gasteiger partial charge in [0.05, 0.1) is 12.6 Å². The zero-order valence-electron chi connectivity index (χ0n) is 14.7. The van der Waals surface area contributed by atoms with Crippen LogP contribution in [-0.2, 0) is 14.3 Å². The molecule has 0 aromatic carbocycles. The fourth-order valence-corrected chi connectivity index (χ4v) is 2.61. The molecule has 0 aliphatic carbocycles. The smallest absolute Gasteiger partial charge is 0.410 e. The van der Waals surface area contributed by atoms with Crippen molar-refractivity contribution in [3.63, 3.8) is 0 Å². The van der Waals surface area contributed by atoms with Crippen LogP contribution >= 0.6 is 0 Å². The van der Waals surface area contributed by atoms with Crippen molar-refractivity contribution in [1.82, 2.24) is 9.80 Å². The molecule has 0 aromatic rings. The molecule has 7 heteroatoms. The lowest BCUT2D eigenvalue weighted by molar-refractivity contribution is -0.114. The van der Waals surface area contributed by atoms with E-state index in [1.165, 1.54) is 4.90 Å². The van der Waals surface area contributed by atoms with Gasteiger partial charge in [-0.3, -0.25) is 0 Å². The maximum Gasteiger partial charge on any atom is 0.410 e. The first-order valence-electron chi connectivity index (χ1n) is 8.02. The van der Waals surface area contributed by atoms with Crippen molar-refractivity contribution in [3.05, 3.63) is 0 Å². The van der Waals surface area contributed by atoms with E-state index in [0.717, 1.165) is 6.29 Å². The maximum atomic E-state index is 12.1. The second-order valence-corrected chi connectivity index (χ2v) is 6.74. The highest BCUT2D eigenvalue weighted by Crippen LogP contribution is 2.24. The molecule has 1 saturated heterocycles. The fraction of sp³-hybridized carbons (Fsp3) is 0.812. The van der Waals surface area contributed by atoms with Crippen molar-refractivity contribution in [2.75, 3.05) is 26.7 Å². The van der Waals surface area contributed by atoms with Crippen LogP contribution in [-0.4, -0.2) is 66.7 Å². The molecule has 1 unspecified atom stereocenters. The summed E-state index contributed by atoms with van der Waals surface area (Å²) in [6, 6.07) is -0.547. The molecule has 0 aromatic heterocycles. The van der Waals surface area contributed by atoms with Crippen LogP contribution in [0.25, 0.3) is 0 Å². The Balaban J connectivity index is 2.61. The summed E-state index contributed by atoms with van der Waals surface area (Å²) in [5, 5.41) is 0. The predicted molar refractivity (Wildman–Crippen MR) is 85.2 cm³/mol. The SMILES string of the molecule is CCOC(=O)N1CCC(C(C=O)N(C)C(=O)OC(C)(C)C)CC1. The van der Waals surface area contributed by atoms with Crippen LogP contribution in [0.1, 0.15) is 40.5 Å². The second-order valence-electron chi connectivity index (χ2n) is 6.74. The largest absolute Gasteiger partial charge is 0.450 e. The lowest BCUT2D eigenvalue weighted by atomic mass is 9.89. The Morgan fingerprint density at radius 3 is 2.30 bits per heavy atom. The van der Waals surface area contributed by atoms with Crippen LogP contribution in [0.2, 0.25) is 0 Å². The van der Waals surface area contributed by atoms with Crippen LogP contribution < -0.4 is 0 Å². The van der Waals surface area contributed by atoms with Crippen molar-refractivity contribution in [1.29, 1.82) is 0 Å². The van der Waals surface area contributed by atoms with Crippen molar-refractivity contribution in [2.24, 2.45) is 5.92 Å². The van der Waals surface area contributed by atoms with E-state index in [1.807, 2.05) is 0 Å². The number of rotatable bonds is 4. The van der Waals surface area contributed by atoms with E-state index in [1.54, 1.807) is 39.6 Å². The molecule has 1 rings (SSSR count). The van der Waals surface area contributed by atoms with Crippen molar-refractivity contribution in [2.45, 2.75) is 52.2 Å². The van der Waals surface area contributed by atoms with Gasteiger partial charge < -0.3 is 24.1 Å². The average Bonchev–Trinajstić information content (AvgIpc) is 2.47. The van der Waals surface area contributed by atoms with E-state index in [2.05, 4.69) is 0 Å². The van der Waals surface area contributed by atoms with Crippen LogP contribution in [0.5, 0.6) is 0 Å². The van der Waals surface area contributed by atoms with E-state index in [0.29, 0.717) is 32.5 Å². The van der Waals surface area contributed by atoms with Gasteiger partial charge in [0.1, 0.15) is 11.9 Å². The zero-order chi connectivity index (χ0) is 17.6. The minimum atomic E-state index is -0.605. The highest BCUT2D eigenvalue weighted by molar-refractivity contribution is 5.73. The molecule has 0 radical (unpaired) electrons. The van der Waals surface area contributed by atoms with Crippen LogP contribution in [0.3, 0.4) is 0 Å². The molecule has 0 saturated carbocycles. The van der Waals surface area contributed by atoms with Gasteiger partial charge in [0.25, 0.3) is 0 Å². The monoisotopic (exact) mass is 328 g/mol. The quantitative estimate of drug-likeness (QED) is 0.740. The molecule has 1 aliphatic rings. The van der Waals surface area contributed by atoms with Gasteiger partial charge in [-0.25, -0.2) is 9.59 Å². The van der Waals surface area contributed by atoms with E-state index >= 15 is 0 Å². The van der Waals surface area contributed by atoms with Gasteiger partial charge in [-0.1, -0.05) is 0 Å². The molecule has 132 valence electrons. The van der Waals surface area contributed by atoms with Crippen LogP contribution in [0.4, 0.5) is 9.59 Å². The van der Waals surface area contributed by atoms with Crippen LogP contribution in [0, 0.1) is 5.92 Å². The molecule has 7 nitrogen and oxygen atoms in total. The number of ether oxygens (including phenoxy) is 2. The highest BCUT2D eigenvalue weighted by Gasteiger charge is 2.34. The Kier molecular flexibility index (Phi) is 6.84. The Morgan fingerprint density at radius 1 is 1.30 bits per heavy atom. The van der Waals surface area contributed by atoms with Gasteiger partial charge >= 0.3 is 12.2 Å². The first-order valence-corrected chi connectivity index (χ1v) is 8.02. The van der Waals surface area contributed by atoms with Crippen molar-refractivity contribution >= 4 is 18.5 Å². The van der Waals surface area contributed by atoms with E-state index in [4.69, 9.17) is 9.47 Å². The lowest BCUT2D eigenvalue weighted by Crippen LogP contribution is -2.49.